The molecule has 0 radical (unpaired) electrons. The molecule has 0 bridgehead atoms. The Morgan fingerprint density at radius 2 is 2.12 bits per heavy atom. The van der Waals surface area contributed by atoms with Crippen LogP contribution in [0.4, 0.5) is 0 Å². The van der Waals surface area contributed by atoms with Crippen molar-refractivity contribution in [1.29, 1.82) is 0 Å². The zero-order valence-corrected chi connectivity index (χ0v) is 10.1. The number of carbonyl (C=O) groups excluding carboxylic acids is 1. The quantitative estimate of drug-likeness (QED) is 0.654. The van der Waals surface area contributed by atoms with Gasteiger partial charge >= 0.3 is 0 Å². The standard InChI is InChI=1S/C11H22N2O3/c1-9(2)16-8-5-13-10(14)11(12)3-6-15-7-4-11/h9H,3-8,12H2,1-2H3,(H,13,14). The summed E-state index contributed by atoms with van der Waals surface area (Å²) in [5, 5.41) is 2.80. The molecule has 0 unspecified atom stereocenters. The summed E-state index contributed by atoms with van der Waals surface area (Å²) < 4.78 is 10.5. The fraction of sp³-hybridized carbons (Fsp3) is 0.909. The number of rotatable bonds is 5. The Bertz CT molecular complexity index is 225. The summed E-state index contributed by atoms with van der Waals surface area (Å²) in [4.78, 5) is 11.8. The van der Waals surface area contributed by atoms with Gasteiger partial charge in [-0.05, 0) is 26.7 Å². The number of amides is 1. The Balaban J connectivity index is 2.23. The number of hydrogen-bond acceptors (Lipinski definition) is 4. The zero-order valence-electron chi connectivity index (χ0n) is 10.1. The number of carbonyl (C=O) groups is 1. The van der Waals surface area contributed by atoms with E-state index in [1.807, 2.05) is 13.8 Å². The third-order valence-electron chi connectivity index (χ3n) is 2.68. The van der Waals surface area contributed by atoms with Gasteiger partial charge in [0.1, 0.15) is 0 Å². The van der Waals surface area contributed by atoms with Gasteiger partial charge in [-0.2, -0.15) is 0 Å². The Morgan fingerprint density at radius 3 is 2.69 bits per heavy atom. The summed E-state index contributed by atoms with van der Waals surface area (Å²) >= 11 is 0. The van der Waals surface area contributed by atoms with Crippen molar-refractivity contribution < 1.29 is 14.3 Å². The lowest BCUT2D eigenvalue weighted by Gasteiger charge is -2.31. The van der Waals surface area contributed by atoms with Crippen LogP contribution in [0.2, 0.25) is 0 Å². The summed E-state index contributed by atoms with van der Waals surface area (Å²) in [5.41, 5.74) is 5.26. The smallest absolute Gasteiger partial charge is 0.240 e. The molecule has 0 aromatic rings. The lowest BCUT2D eigenvalue weighted by atomic mass is 9.90. The molecule has 1 fully saturated rings. The number of ether oxygens (including phenoxy) is 2. The first-order valence-electron chi connectivity index (χ1n) is 5.81. The van der Waals surface area contributed by atoms with Gasteiger partial charge in [0.15, 0.2) is 0 Å². The number of nitrogens with one attached hydrogen (secondary N) is 1. The summed E-state index contributed by atoms with van der Waals surface area (Å²) in [7, 11) is 0. The molecule has 3 N–H and O–H groups in total. The Hall–Kier alpha value is -0.650. The fourth-order valence-electron chi connectivity index (χ4n) is 1.60. The van der Waals surface area contributed by atoms with Crippen molar-refractivity contribution in [2.75, 3.05) is 26.4 Å². The van der Waals surface area contributed by atoms with E-state index in [4.69, 9.17) is 15.2 Å². The normalized spacial score (nSPS) is 19.8. The Morgan fingerprint density at radius 1 is 1.50 bits per heavy atom. The van der Waals surface area contributed by atoms with Gasteiger partial charge in [0, 0.05) is 19.8 Å². The van der Waals surface area contributed by atoms with Crippen LogP contribution < -0.4 is 11.1 Å². The molecular formula is C11H22N2O3. The summed E-state index contributed by atoms with van der Waals surface area (Å²) in [5.74, 6) is -0.0943. The molecule has 1 aliphatic heterocycles. The van der Waals surface area contributed by atoms with E-state index in [1.54, 1.807) is 0 Å². The molecule has 0 aliphatic carbocycles. The van der Waals surface area contributed by atoms with Crippen LogP contribution in [0.15, 0.2) is 0 Å². The van der Waals surface area contributed by atoms with Crippen molar-refractivity contribution in [3.8, 4) is 0 Å². The van der Waals surface area contributed by atoms with Crippen molar-refractivity contribution in [3.05, 3.63) is 0 Å². The first kappa shape index (κ1) is 13.4. The van der Waals surface area contributed by atoms with Gasteiger partial charge in [-0.25, -0.2) is 0 Å². The second kappa shape index (κ2) is 6.18. The van der Waals surface area contributed by atoms with Crippen LogP contribution in [0, 0.1) is 0 Å². The molecule has 94 valence electrons. The van der Waals surface area contributed by atoms with Gasteiger partial charge in [0.2, 0.25) is 5.91 Å². The summed E-state index contributed by atoms with van der Waals surface area (Å²) in [6.45, 7) is 6.08. The summed E-state index contributed by atoms with van der Waals surface area (Å²) in [6, 6.07) is 0. The van der Waals surface area contributed by atoms with E-state index in [0.717, 1.165) is 0 Å². The molecule has 0 aromatic carbocycles. The predicted molar refractivity (Wildman–Crippen MR) is 61.1 cm³/mol. The molecule has 1 amide bonds. The van der Waals surface area contributed by atoms with Gasteiger partial charge in [0.05, 0.1) is 18.2 Å². The van der Waals surface area contributed by atoms with Gasteiger partial charge in [0.25, 0.3) is 0 Å². The van der Waals surface area contributed by atoms with Crippen molar-refractivity contribution in [1.82, 2.24) is 5.32 Å². The molecule has 1 rings (SSSR count). The monoisotopic (exact) mass is 230 g/mol. The molecule has 1 aliphatic rings. The molecule has 0 atom stereocenters. The van der Waals surface area contributed by atoms with Gasteiger partial charge < -0.3 is 20.5 Å². The SMILES string of the molecule is CC(C)OCCNC(=O)C1(N)CCOCC1. The highest BCUT2D eigenvalue weighted by molar-refractivity contribution is 5.86. The Kier molecular flexibility index (Phi) is 5.18. The van der Waals surface area contributed by atoms with E-state index in [-0.39, 0.29) is 12.0 Å². The summed E-state index contributed by atoms with van der Waals surface area (Å²) in [6.07, 6.45) is 1.36. The van der Waals surface area contributed by atoms with Crippen LogP contribution in [0.5, 0.6) is 0 Å². The first-order valence-corrected chi connectivity index (χ1v) is 5.81. The maximum Gasteiger partial charge on any atom is 0.240 e. The van der Waals surface area contributed by atoms with E-state index in [9.17, 15) is 4.79 Å². The lowest BCUT2D eigenvalue weighted by Crippen LogP contribution is -2.57. The average molecular weight is 230 g/mol. The number of hydrogen-bond donors (Lipinski definition) is 2. The molecule has 0 spiro atoms. The van der Waals surface area contributed by atoms with Gasteiger partial charge in [-0.1, -0.05) is 0 Å². The maximum atomic E-state index is 11.8. The van der Waals surface area contributed by atoms with Crippen molar-refractivity contribution in [3.63, 3.8) is 0 Å². The molecule has 5 nitrogen and oxygen atoms in total. The highest BCUT2D eigenvalue weighted by atomic mass is 16.5. The molecule has 5 heteroatoms. The largest absolute Gasteiger partial charge is 0.381 e. The molecule has 16 heavy (non-hydrogen) atoms. The third-order valence-corrected chi connectivity index (χ3v) is 2.68. The molecular weight excluding hydrogens is 208 g/mol. The molecule has 0 saturated carbocycles. The fourth-order valence-corrected chi connectivity index (χ4v) is 1.60. The minimum Gasteiger partial charge on any atom is -0.381 e. The second-order valence-corrected chi connectivity index (χ2v) is 4.44. The van der Waals surface area contributed by atoms with Gasteiger partial charge in [-0.3, -0.25) is 4.79 Å². The minimum absolute atomic E-state index is 0.0943. The minimum atomic E-state index is -0.754. The predicted octanol–water partition coefficient (Wildman–Crippen LogP) is 0.0355. The van der Waals surface area contributed by atoms with Crippen LogP contribution >= 0.6 is 0 Å². The second-order valence-electron chi connectivity index (χ2n) is 4.44. The topological polar surface area (TPSA) is 73.6 Å². The van der Waals surface area contributed by atoms with Crippen LogP contribution in [0.3, 0.4) is 0 Å². The van der Waals surface area contributed by atoms with Crippen LogP contribution in [-0.4, -0.2) is 43.9 Å². The highest BCUT2D eigenvalue weighted by Crippen LogP contribution is 2.17. The van der Waals surface area contributed by atoms with E-state index in [1.165, 1.54) is 0 Å². The highest BCUT2D eigenvalue weighted by Gasteiger charge is 2.35. The Labute approximate surface area is 96.7 Å². The van der Waals surface area contributed by atoms with Crippen molar-refractivity contribution in [2.45, 2.75) is 38.3 Å². The molecule has 1 saturated heterocycles. The first-order chi connectivity index (χ1) is 7.54. The van der Waals surface area contributed by atoms with E-state index in [2.05, 4.69) is 5.32 Å². The average Bonchev–Trinajstić information content (AvgIpc) is 2.25. The van der Waals surface area contributed by atoms with E-state index < -0.39 is 5.54 Å². The molecule has 0 aromatic heterocycles. The van der Waals surface area contributed by atoms with E-state index >= 15 is 0 Å². The van der Waals surface area contributed by atoms with Crippen LogP contribution in [0.25, 0.3) is 0 Å². The third kappa shape index (κ3) is 4.08. The van der Waals surface area contributed by atoms with Crippen LogP contribution in [-0.2, 0) is 14.3 Å². The van der Waals surface area contributed by atoms with Gasteiger partial charge in [-0.15, -0.1) is 0 Å². The number of nitrogens with two attached hydrogens (primary N) is 1. The van der Waals surface area contributed by atoms with E-state index in [0.29, 0.717) is 39.2 Å². The zero-order chi connectivity index (χ0) is 12.0. The maximum absolute atomic E-state index is 11.8. The van der Waals surface area contributed by atoms with Crippen LogP contribution in [0.1, 0.15) is 26.7 Å². The van der Waals surface area contributed by atoms with Crippen molar-refractivity contribution >= 4 is 5.91 Å². The van der Waals surface area contributed by atoms with Crippen molar-refractivity contribution in [2.24, 2.45) is 5.73 Å². The molecule has 1 heterocycles. The lowest BCUT2D eigenvalue weighted by molar-refractivity contribution is -0.130.